The molecule has 2 fully saturated rings. The van der Waals surface area contributed by atoms with Crippen molar-refractivity contribution in [2.75, 3.05) is 31.1 Å². The van der Waals surface area contributed by atoms with E-state index in [1.54, 1.807) is 12.1 Å². The number of ether oxygens (including phenoxy) is 1. The van der Waals surface area contributed by atoms with Gasteiger partial charge in [-0.25, -0.2) is 4.39 Å². The fourth-order valence-corrected chi connectivity index (χ4v) is 3.77. The molecule has 1 aromatic carbocycles. The molecule has 1 aromatic heterocycles. The van der Waals surface area contributed by atoms with Crippen LogP contribution in [0, 0.1) is 19.7 Å². The highest BCUT2D eigenvalue weighted by molar-refractivity contribution is 5.48. The van der Waals surface area contributed by atoms with Crippen molar-refractivity contribution in [3.63, 3.8) is 0 Å². The van der Waals surface area contributed by atoms with Crippen molar-refractivity contribution in [2.45, 2.75) is 32.5 Å². The number of aromatic nitrogens is 1. The highest BCUT2D eigenvalue weighted by Crippen LogP contribution is 2.29. The van der Waals surface area contributed by atoms with Crippen molar-refractivity contribution < 1.29 is 13.7 Å². The monoisotopic (exact) mass is 331 g/mol. The van der Waals surface area contributed by atoms with E-state index < -0.39 is 0 Å². The van der Waals surface area contributed by atoms with Gasteiger partial charge in [0.15, 0.2) is 0 Å². The molecule has 2 aromatic rings. The molecular weight excluding hydrogens is 309 g/mol. The number of morpholine rings is 1. The Labute approximate surface area is 141 Å². The number of hydrogen-bond donors (Lipinski definition) is 0. The third-order valence-corrected chi connectivity index (χ3v) is 5.13. The van der Waals surface area contributed by atoms with E-state index in [9.17, 15) is 4.39 Å². The highest BCUT2D eigenvalue weighted by Gasteiger charge is 2.40. The number of rotatable bonds is 3. The van der Waals surface area contributed by atoms with Gasteiger partial charge in [0.25, 0.3) is 0 Å². The molecule has 6 heteroatoms. The molecule has 2 atom stereocenters. The fraction of sp³-hybridized carbons (Fsp3) is 0.500. The Balaban J connectivity index is 1.52. The molecule has 24 heavy (non-hydrogen) atoms. The molecule has 128 valence electrons. The van der Waals surface area contributed by atoms with E-state index in [-0.39, 0.29) is 11.9 Å². The van der Waals surface area contributed by atoms with Crippen LogP contribution in [-0.4, -0.2) is 48.4 Å². The number of hydrogen-bond acceptors (Lipinski definition) is 5. The molecule has 0 N–H and O–H groups in total. The van der Waals surface area contributed by atoms with Gasteiger partial charge in [-0.1, -0.05) is 11.2 Å². The minimum Gasteiger partial charge on any atom is -0.373 e. The van der Waals surface area contributed by atoms with E-state index in [4.69, 9.17) is 9.26 Å². The van der Waals surface area contributed by atoms with Gasteiger partial charge in [0.05, 0.1) is 24.4 Å². The van der Waals surface area contributed by atoms with E-state index in [0.717, 1.165) is 49.9 Å². The summed E-state index contributed by atoms with van der Waals surface area (Å²) in [6.45, 7) is 8.02. The largest absolute Gasteiger partial charge is 0.373 e. The number of benzene rings is 1. The molecule has 0 aliphatic carbocycles. The number of anilines is 1. The minimum absolute atomic E-state index is 0.155. The third-order valence-electron chi connectivity index (χ3n) is 5.13. The second-order valence-electron chi connectivity index (χ2n) is 6.63. The summed E-state index contributed by atoms with van der Waals surface area (Å²) in [6.07, 6.45) is 0.155. The SMILES string of the molecule is Cc1noc(C)c1CN1CCO[C@@H]2CN(c3cccc(F)c3)C[C@@H]21. The summed E-state index contributed by atoms with van der Waals surface area (Å²) in [7, 11) is 0. The lowest BCUT2D eigenvalue weighted by Crippen LogP contribution is -2.50. The Bertz CT molecular complexity index is 713. The van der Waals surface area contributed by atoms with Gasteiger partial charge < -0.3 is 14.2 Å². The second kappa shape index (κ2) is 6.18. The van der Waals surface area contributed by atoms with Crippen LogP contribution in [0.25, 0.3) is 0 Å². The molecule has 2 aliphatic heterocycles. The molecule has 0 bridgehead atoms. The zero-order chi connectivity index (χ0) is 16.7. The van der Waals surface area contributed by atoms with Crippen LogP contribution in [0.1, 0.15) is 17.0 Å². The van der Waals surface area contributed by atoms with Crippen LogP contribution in [0.5, 0.6) is 0 Å². The highest BCUT2D eigenvalue weighted by atomic mass is 19.1. The first kappa shape index (κ1) is 15.6. The molecule has 3 heterocycles. The van der Waals surface area contributed by atoms with Crippen molar-refractivity contribution in [1.82, 2.24) is 10.1 Å². The van der Waals surface area contributed by atoms with Gasteiger partial charge in [-0.15, -0.1) is 0 Å². The van der Waals surface area contributed by atoms with Crippen molar-refractivity contribution in [2.24, 2.45) is 0 Å². The zero-order valence-electron chi connectivity index (χ0n) is 14.0. The van der Waals surface area contributed by atoms with E-state index in [0.29, 0.717) is 6.04 Å². The predicted molar refractivity (Wildman–Crippen MR) is 88.5 cm³/mol. The second-order valence-corrected chi connectivity index (χ2v) is 6.63. The van der Waals surface area contributed by atoms with E-state index in [2.05, 4.69) is 15.0 Å². The summed E-state index contributed by atoms with van der Waals surface area (Å²) < 4.78 is 24.8. The average Bonchev–Trinajstić information content (AvgIpc) is 3.14. The van der Waals surface area contributed by atoms with E-state index in [1.807, 2.05) is 19.9 Å². The molecule has 0 unspecified atom stereocenters. The summed E-state index contributed by atoms with van der Waals surface area (Å²) in [5, 5.41) is 4.05. The van der Waals surface area contributed by atoms with Gasteiger partial charge in [-0.3, -0.25) is 4.90 Å². The Morgan fingerprint density at radius 3 is 2.92 bits per heavy atom. The van der Waals surface area contributed by atoms with E-state index in [1.165, 1.54) is 11.6 Å². The molecule has 0 radical (unpaired) electrons. The first-order chi connectivity index (χ1) is 11.6. The van der Waals surface area contributed by atoms with Gasteiger partial charge >= 0.3 is 0 Å². The van der Waals surface area contributed by atoms with Gasteiger partial charge in [-0.05, 0) is 32.0 Å². The normalized spacial score (nSPS) is 24.4. The number of aryl methyl sites for hydroxylation is 2. The Morgan fingerprint density at radius 1 is 1.29 bits per heavy atom. The smallest absolute Gasteiger partial charge is 0.138 e. The summed E-state index contributed by atoms with van der Waals surface area (Å²) >= 11 is 0. The zero-order valence-corrected chi connectivity index (χ0v) is 14.0. The lowest BCUT2D eigenvalue weighted by atomic mass is 10.1. The van der Waals surface area contributed by atoms with Gasteiger partial charge in [0.2, 0.25) is 0 Å². The molecule has 0 spiro atoms. The lowest BCUT2D eigenvalue weighted by Gasteiger charge is -2.36. The molecule has 2 saturated heterocycles. The maximum atomic E-state index is 13.5. The van der Waals surface area contributed by atoms with Crippen LogP contribution in [0.15, 0.2) is 28.8 Å². The number of nitrogens with zero attached hydrogens (tertiary/aromatic N) is 3. The molecule has 2 aliphatic rings. The first-order valence-electron chi connectivity index (χ1n) is 8.40. The van der Waals surface area contributed by atoms with Crippen LogP contribution in [0.2, 0.25) is 0 Å². The maximum Gasteiger partial charge on any atom is 0.138 e. The molecule has 5 nitrogen and oxygen atoms in total. The average molecular weight is 331 g/mol. The maximum absolute atomic E-state index is 13.5. The van der Waals surface area contributed by atoms with Crippen molar-refractivity contribution in [3.8, 4) is 0 Å². The van der Waals surface area contributed by atoms with Crippen LogP contribution in [0.4, 0.5) is 10.1 Å². The standard InChI is InChI=1S/C18H22FN3O2/c1-12-16(13(2)24-20-12)9-21-6-7-23-18-11-22(10-17(18)21)15-5-3-4-14(19)8-15/h3-5,8,17-18H,6-7,9-11H2,1-2H3/t17-,18+/m0/s1. The van der Waals surface area contributed by atoms with Crippen LogP contribution in [0.3, 0.4) is 0 Å². The summed E-state index contributed by atoms with van der Waals surface area (Å²) in [6, 6.07) is 7.09. The molecule has 0 amide bonds. The molecular formula is C18H22FN3O2. The summed E-state index contributed by atoms with van der Waals surface area (Å²) in [4.78, 5) is 4.66. The molecule has 4 rings (SSSR count). The fourth-order valence-electron chi connectivity index (χ4n) is 3.77. The number of fused-ring (bicyclic) bond motifs is 1. The van der Waals surface area contributed by atoms with Gasteiger partial charge in [0, 0.05) is 37.4 Å². The van der Waals surface area contributed by atoms with Crippen molar-refractivity contribution in [1.29, 1.82) is 0 Å². The summed E-state index contributed by atoms with van der Waals surface area (Å²) in [5.74, 6) is 0.686. The van der Waals surface area contributed by atoms with Crippen molar-refractivity contribution >= 4 is 5.69 Å². The Kier molecular flexibility index (Phi) is 4.02. The Morgan fingerprint density at radius 2 is 2.17 bits per heavy atom. The quantitative estimate of drug-likeness (QED) is 0.864. The van der Waals surface area contributed by atoms with Crippen LogP contribution in [-0.2, 0) is 11.3 Å². The molecule has 0 saturated carbocycles. The lowest BCUT2D eigenvalue weighted by molar-refractivity contribution is -0.0501. The topological polar surface area (TPSA) is 41.7 Å². The predicted octanol–water partition coefficient (Wildman–Crippen LogP) is 2.52. The third kappa shape index (κ3) is 2.80. The minimum atomic E-state index is -0.198. The van der Waals surface area contributed by atoms with Gasteiger partial charge in [-0.2, -0.15) is 0 Å². The van der Waals surface area contributed by atoms with Crippen molar-refractivity contribution in [3.05, 3.63) is 47.1 Å². The van der Waals surface area contributed by atoms with Crippen LogP contribution >= 0.6 is 0 Å². The van der Waals surface area contributed by atoms with Crippen LogP contribution < -0.4 is 4.90 Å². The van der Waals surface area contributed by atoms with Gasteiger partial charge in [0.1, 0.15) is 11.6 Å². The summed E-state index contributed by atoms with van der Waals surface area (Å²) in [5.41, 5.74) is 3.04. The first-order valence-corrected chi connectivity index (χ1v) is 8.40. The Hall–Kier alpha value is -1.92. The number of halogens is 1. The van der Waals surface area contributed by atoms with E-state index >= 15 is 0 Å².